The molecule has 0 amide bonds. The van der Waals surface area contributed by atoms with Crippen LogP contribution in [0.4, 0.5) is 0 Å². The van der Waals surface area contributed by atoms with Crippen LogP contribution in [0.3, 0.4) is 0 Å². The number of hydrogen-bond donors (Lipinski definition) is 0. The first kappa shape index (κ1) is 8.29. The first-order chi connectivity index (χ1) is 6.92. The SMILES string of the molecule is N#CC#Cc1cccc2ncccc12. The third kappa shape index (κ3) is 1.42. The van der Waals surface area contributed by atoms with Crippen molar-refractivity contribution < 1.29 is 0 Å². The summed E-state index contributed by atoms with van der Waals surface area (Å²) in [4.78, 5) is 4.20. The summed E-state index contributed by atoms with van der Waals surface area (Å²) in [6.45, 7) is 0. The lowest BCUT2D eigenvalue weighted by Gasteiger charge is -1.97. The smallest absolute Gasteiger partial charge is 0.152 e. The Hall–Kier alpha value is -2.32. The molecule has 0 saturated carbocycles. The van der Waals surface area contributed by atoms with Crippen LogP contribution >= 0.6 is 0 Å². The number of hydrogen-bond acceptors (Lipinski definition) is 2. The van der Waals surface area contributed by atoms with Gasteiger partial charge in [-0.2, -0.15) is 5.26 Å². The predicted molar refractivity (Wildman–Crippen MR) is 54.2 cm³/mol. The molecule has 0 unspecified atom stereocenters. The summed E-state index contributed by atoms with van der Waals surface area (Å²) in [6, 6.07) is 11.3. The van der Waals surface area contributed by atoms with E-state index in [4.69, 9.17) is 5.26 Å². The number of aromatic nitrogens is 1. The summed E-state index contributed by atoms with van der Waals surface area (Å²) < 4.78 is 0. The minimum atomic E-state index is 0.845. The van der Waals surface area contributed by atoms with Crippen molar-refractivity contribution >= 4 is 10.9 Å². The number of nitriles is 1. The fraction of sp³-hybridized carbons (Fsp3) is 0. The minimum Gasteiger partial charge on any atom is -0.256 e. The van der Waals surface area contributed by atoms with Gasteiger partial charge >= 0.3 is 0 Å². The Morgan fingerprint density at radius 3 is 2.93 bits per heavy atom. The van der Waals surface area contributed by atoms with E-state index in [1.807, 2.05) is 30.3 Å². The summed E-state index contributed by atoms with van der Waals surface area (Å²) in [6.07, 6.45) is 1.74. The molecule has 0 saturated heterocycles. The zero-order valence-corrected chi connectivity index (χ0v) is 7.36. The van der Waals surface area contributed by atoms with Gasteiger partial charge in [0.25, 0.3) is 0 Å². The Balaban J connectivity index is 2.72. The van der Waals surface area contributed by atoms with Crippen molar-refractivity contribution in [2.75, 3.05) is 0 Å². The maximum Gasteiger partial charge on any atom is 0.152 e. The molecule has 64 valence electrons. The molecule has 2 nitrogen and oxygen atoms in total. The molecule has 0 aliphatic heterocycles. The van der Waals surface area contributed by atoms with Crippen molar-refractivity contribution in [2.45, 2.75) is 0 Å². The standard InChI is InChI=1S/C12H6N2/c13-8-2-5-10-4-1-7-12-11(10)6-3-9-14-12/h1,3-4,6-7,9H. The van der Waals surface area contributed by atoms with E-state index in [1.165, 1.54) is 0 Å². The zero-order chi connectivity index (χ0) is 9.80. The van der Waals surface area contributed by atoms with Crippen LogP contribution in [0.25, 0.3) is 10.9 Å². The average molecular weight is 178 g/mol. The zero-order valence-electron chi connectivity index (χ0n) is 7.36. The van der Waals surface area contributed by atoms with E-state index in [0.717, 1.165) is 16.5 Å². The van der Waals surface area contributed by atoms with Crippen molar-refractivity contribution in [2.24, 2.45) is 0 Å². The van der Waals surface area contributed by atoms with Gasteiger partial charge in [-0.1, -0.05) is 18.1 Å². The summed E-state index contributed by atoms with van der Waals surface area (Å²) in [5.74, 6) is 5.17. The monoisotopic (exact) mass is 178 g/mol. The van der Waals surface area contributed by atoms with E-state index in [9.17, 15) is 0 Å². The van der Waals surface area contributed by atoms with Gasteiger partial charge in [0.2, 0.25) is 0 Å². The van der Waals surface area contributed by atoms with Crippen LogP contribution in [0.5, 0.6) is 0 Å². The number of pyridine rings is 1. The van der Waals surface area contributed by atoms with Gasteiger partial charge in [0.1, 0.15) is 0 Å². The lowest BCUT2D eigenvalue weighted by molar-refractivity contribution is 1.41. The van der Waals surface area contributed by atoms with Crippen LogP contribution in [-0.4, -0.2) is 4.98 Å². The van der Waals surface area contributed by atoms with E-state index >= 15 is 0 Å². The molecule has 0 fully saturated rings. The molecule has 0 radical (unpaired) electrons. The number of rotatable bonds is 0. The van der Waals surface area contributed by atoms with Gasteiger partial charge in [-0.05, 0) is 18.2 Å². The van der Waals surface area contributed by atoms with Crippen molar-refractivity contribution in [3.63, 3.8) is 0 Å². The maximum absolute atomic E-state index is 8.36. The van der Waals surface area contributed by atoms with Gasteiger partial charge in [-0.15, -0.1) is 0 Å². The highest BCUT2D eigenvalue weighted by molar-refractivity contribution is 5.84. The van der Waals surface area contributed by atoms with Crippen molar-refractivity contribution in [1.29, 1.82) is 5.26 Å². The Kier molecular flexibility index (Phi) is 2.13. The molecule has 1 aromatic heterocycles. The van der Waals surface area contributed by atoms with Gasteiger partial charge in [0.05, 0.1) is 5.52 Å². The Labute approximate surface area is 81.8 Å². The summed E-state index contributed by atoms with van der Waals surface area (Å²) >= 11 is 0. The third-order valence-electron chi connectivity index (χ3n) is 1.90. The predicted octanol–water partition coefficient (Wildman–Crippen LogP) is 2.11. The normalized spacial score (nSPS) is 8.79. The molecular formula is C12H6N2. The van der Waals surface area contributed by atoms with E-state index in [-0.39, 0.29) is 0 Å². The number of fused-ring (bicyclic) bond motifs is 1. The van der Waals surface area contributed by atoms with Crippen molar-refractivity contribution in [1.82, 2.24) is 4.98 Å². The van der Waals surface area contributed by atoms with E-state index < -0.39 is 0 Å². The van der Waals surface area contributed by atoms with Crippen LogP contribution in [0, 0.1) is 23.2 Å². The summed E-state index contributed by atoms with van der Waals surface area (Å²) in [5, 5.41) is 9.34. The molecule has 0 bridgehead atoms. The minimum absolute atomic E-state index is 0.845. The highest BCUT2D eigenvalue weighted by Gasteiger charge is 1.96. The van der Waals surface area contributed by atoms with E-state index in [1.54, 1.807) is 12.3 Å². The average Bonchev–Trinajstić information content (AvgIpc) is 2.26. The second-order valence-corrected chi connectivity index (χ2v) is 2.74. The molecule has 2 heteroatoms. The topological polar surface area (TPSA) is 36.7 Å². The first-order valence-electron chi connectivity index (χ1n) is 4.15. The maximum atomic E-state index is 8.36. The highest BCUT2D eigenvalue weighted by atomic mass is 14.6. The molecule has 1 aromatic carbocycles. The van der Waals surface area contributed by atoms with Gasteiger partial charge in [0.15, 0.2) is 6.07 Å². The third-order valence-corrected chi connectivity index (χ3v) is 1.90. The molecule has 0 atom stereocenters. The van der Waals surface area contributed by atoms with Crippen molar-refractivity contribution in [3.05, 3.63) is 42.1 Å². The second kappa shape index (κ2) is 3.60. The van der Waals surface area contributed by atoms with Crippen LogP contribution in [0.15, 0.2) is 36.5 Å². The quantitative estimate of drug-likeness (QED) is 0.579. The Morgan fingerprint density at radius 1 is 1.14 bits per heavy atom. The van der Waals surface area contributed by atoms with Crippen LogP contribution in [-0.2, 0) is 0 Å². The molecule has 0 aliphatic carbocycles. The summed E-state index contributed by atoms with van der Waals surface area (Å²) in [7, 11) is 0. The largest absolute Gasteiger partial charge is 0.256 e. The van der Waals surface area contributed by atoms with Gasteiger partial charge in [-0.25, -0.2) is 0 Å². The molecule has 1 heterocycles. The van der Waals surface area contributed by atoms with Gasteiger partial charge in [0, 0.05) is 23.1 Å². The highest BCUT2D eigenvalue weighted by Crippen LogP contribution is 2.14. The first-order valence-corrected chi connectivity index (χ1v) is 4.15. The summed E-state index contributed by atoms with van der Waals surface area (Å²) in [5.41, 5.74) is 1.74. The molecule has 14 heavy (non-hydrogen) atoms. The van der Waals surface area contributed by atoms with Gasteiger partial charge in [-0.3, -0.25) is 4.98 Å². The van der Waals surface area contributed by atoms with Crippen LogP contribution < -0.4 is 0 Å². The molecule has 2 rings (SSSR count). The molecule has 0 N–H and O–H groups in total. The molecule has 0 spiro atoms. The molecule has 2 aromatic rings. The van der Waals surface area contributed by atoms with Crippen molar-refractivity contribution in [3.8, 4) is 17.9 Å². The second-order valence-electron chi connectivity index (χ2n) is 2.74. The van der Waals surface area contributed by atoms with E-state index in [2.05, 4.69) is 16.8 Å². The Bertz CT molecular complexity index is 563. The Morgan fingerprint density at radius 2 is 2.07 bits per heavy atom. The van der Waals surface area contributed by atoms with Crippen LogP contribution in [0.1, 0.15) is 5.56 Å². The number of nitrogens with zero attached hydrogens (tertiary/aromatic N) is 2. The molecule has 0 aliphatic rings. The van der Waals surface area contributed by atoms with Crippen LogP contribution in [0.2, 0.25) is 0 Å². The van der Waals surface area contributed by atoms with Gasteiger partial charge < -0.3 is 0 Å². The lowest BCUT2D eigenvalue weighted by Crippen LogP contribution is -1.81. The number of benzene rings is 1. The fourth-order valence-electron chi connectivity index (χ4n) is 1.31. The van der Waals surface area contributed by atoms with E-state index in [0.29, 0.717) is 0 Å². The molecular weight excluding hydrogens is 172 g/mol. The fourth-order valence-corrected chi connectivity index (χ4v) is 1.31. The lowest BCUT2D eigenvalue weighted by atomic mass is 10.1.